The summed E-state index contributed by atoms with van der Waals surface area (Å²) in [6.45, 7) is 4.65. The van der Waals surface area contributed by atoms with Gasteiger partial charge in [0, 0.05) is 27.6 Å². The van der Waals surface area contributed by atoms with Crippen molar-refractivity contribution >= 4 is 21.9 Å². The smallest absolute Gasteiger partial charge is 0.0971 e. The minimum absolute atomic E-state index is 0.0165. The van der Waals surface area contributed by atoms with Gasteiger partial charge in [-0.05, 0) is 69.3 Å². The molecule has 6 aromatic carbocycles. The molecule has 2 heteroatoms. The van der Waals surface area contributed by atoms with Crippen LogP contribution in [0.1, 0.15) is 25.0 Å². The zero-order chi connectivity index (χ0) is 30.8. The number of fused-ring (bicyclic) bond motifs is 6. The topological polar surface area (TPSA) is 17.8 Å². The van der Waals surface area contributed by atoms with Gasteiger partial charge >= 0.3 is 0 Å². The van der Waals surface area contributed by atoms with E-state index in [1.54, 1.807) is 0 Å². The highest BCUT2D eigenvalue weighted by Gasteiger charge is 2.35. The molecule has 2 aromatic heterocycles. The van der Waals surface area contributed by atoms with Crippen LogP contribution in [0, 0.1) is 0 Å². The van der Waals surface area contributed by atoms with Gasteiger partial charge in [-0.25, -0.2) is 4.98 Å². The third-order valence-corrected chi connectivity index (χ3v) is 9.81. The van der Waals surface area contributed by atoms with E-state index in [0.29, 0.717) is 0 Å². The Morgan fingerprint density at radius 2 is 1.15 bits per heavy atom. The molecule has 0 N–H and O–H groups in total. The van der Waals surface area contributed by atoms with Gasteiger partial charge in [0.15, 0.2) is 0 Å². The second-order valence-corrected chi connectivity index (χ2v) is 12.8. The summed E-state index contributed by atoms with van der Waals surface area (Å²) in [6, 6.07) is 56.9. The van der Waals surface area contributed by atoms with Crippen LogP contribution in [0.15, 0.2) is 158 Å². The Hall–Kier alpha value is -5.73. The van der Waals surface area contributed by atoms with Gasteiger partial charge in [-0.3, -0.25) is 0 Å². The first kappa shape index (κ1) is 26.7. The van der Waals surface area contributed by atoms with E-state index in [1.807, 2.05) is 0 Å². The van der Waals surface area contributed by atoms with Crippen LogP contribution in [-0.4, -0.2) is 9.55 Å². The molecule has 218 valence electrons. The Morgan fingerprint density at radius 1 is 0.478 bits per heavy atom. The molecule has 46 heavy (non-hydrogen) atoms. The number of para-hydroxylation sites is 1. The van der Waals surface area contributed by atoms with E-state index in [4.69, 9.17) is 4.98 Å². The van der Waals surface area contributed by atoms with Crippen LogP contribution in [-0.2, 0) is 5.41 Å². The standard InChI is InChI=1S/C44H32N2/c1-44(2)38-22-10-9-19-35(38)37-28-32(23-24-39(37)44)40-25-26-41-42(45-40)36-21-12-20-34(30-15-7-4-8-16-30)43(36)46(41)33-18-11-17-31(27-33)29-13-5-3-6-14-29/h3-28H,1-2H3. The molecule has 1 aliphatic carbocycles. The van der Waals surface area contributed by atoms with Crippen LogP contribution in [0.2, 0.25) is 0 Å². The summed E-state index contributed by atoms with van der Waals surface area (Å²) in [5.41, 5.74) is 16.7. The Morgan fingerprint density at radius 3 is 1.98 bits per heavy atom. The molecular weight excluding hydrogens is 556 g/mol. The predicted octanol–water partition coefficient (Wildman–Crippen LogP) is 11.5. The SMILES string of the molecule is CC1(C)c2ccccc2-c2cc(-c3ccc4c(n3)c3cccc(-c5ccccc5)c3n4-c3cccc(-c4ccccc4)c3)ccc21. The lowest BCUT2D eigenvalue weighted by molar-refractivity contribution is 0.660. The fraction of sp³-hybridized carbons (Fsp3) is 0.0682. The lowest BCUT2D eigenvalue weighted by Gasteiger charge is -2.21. The van der Waals surface area contributed by atoms with Crippen molar-refractivity contribution < 1.29 is 0 Å². The maximum Gasteiger partial charge on any atom is 0.0971 e. The lowest BCUT2D eigenvalue weighted by Crippen LogP contribution is -2.14. The van der Waals surface area contributed by atoms with Crippen LogP contribution in [0.3, 0.4) is 0 Å². The average Bonchev–Trinajstić information content (AvgIpc) is 3.57. The number of rotatable bonds is 4. The van der Waals surface area contributed by atoms with Crippen molar-refractivity contribution in [2.75, 3.05) is 0 Å². The minimum atomic E-state index is -0.0165. The third-order valence-electron chi connectivity index (χ3n) is 9.81. The van der Waals surface area contributed by atoms with Crippen LogP contribution >= 0.6 is 0 Å². The maximum absolute atomic E-state index is 5.43. The van der Waals surface area contributed by atoms with E-state index in [2.05, 4.69) is 176 Å². The van der Waals surface area contributed by atoms with Crippen molar-refractivity contribution in [2.45, 2.75) is 19.3 Å². The summed E-state index contributed by atoms with van der Waals surface area (Å²) in [7, 11) is 0. The predicted molar refractivity (Wildman–Crippen MR) is 192 cm³/mol. The second kappa shape index (κ2) is 10.2. The summed E-state index contributed by atoms with van der Waals surface area (Å²) in [5, 5.41) is 1.15. The molecule has 1 aliphatic rings. The third kappa shape index (κ3) is 4.00. The summed E-state index contributed by atoms with van der Waals surface area (Å²) >= 11 is 0. The zero-order valence-corrected chi connectivity index (χ0v) is 25.9. The number of nitrogens with zero attached hydrogens (tertiary/aromatic N) is 2. The zero-order valence-electron chi connectivity index (χ0n) is 25.9. The van der Waals surface area contributed by atoms with Gasteiger partial charge < -0.3 is 4.57 Å². The van der Waals surface area contributed by atoms with Crippen molar-refractivity contribution in [3.8, 4) is 50.3 Å². The van der Waals surface area contributed by atoms with Gasteiger partial charge in [0.1, 0.15) is 0 Å². The van der Waals surface area contributed by atoms with Gasteiger partial charge in [0.05, 0.1) is 22.2 Å². The maximum atomic E-state index is 5.43. The number of aromatic nitrogens is 2. The number of hydrogen-bond donors (Lipinski definition) is 0. The Kier molecular flexibility index (Phi) is 5.88. The van der Waals surface area contributed by atoms with Gasteiger partial charge in [-0.1, -0.05) is 141 Å². The number of pyridine rings is 1. The van der Waals surface area contributed by atoms with E-state index in [0.717, 1.165) is 33.4 Å². The average molecular weight is 589 g/mol. The quantitative estimate of drug-likeness (QED) is 0.200. The van der Waals surface area contributed by atoms with Gasteiger partial charge in [0.2, 0.25) is 0 Å². The largest absolute Gasteiger partial charge is 0.307 e. The van der Waals surface area contributed by atoms with Crippen molar-refractivity contribution in [2.24, 2.45) is 0 Å². The molecule has 2 nitrogen and oxygen atoms in total. The highest BCUT2D eigenvalue weighted by atomic mass is 15.0. The Balaban J connectivity index is 1.28. The van der Waals surface area contributed by atoms with Crippen molar-refractivity contribution in [3.05, 3.63) is 169 Å². The van der Waals surface area contributed by atoms with Crippen molar-refractivity contribution in [1.82, 2.24) is 9.55 Å². The molecule has 2 heterocycles. The summed E-state index contributed by atoms with van der Waals surface area (Å²) in [6.07, 6.45) is 0. The Labute approximate surface area is 269 Å². The molecule has 0 atom stereocenters. The first-order valence-corrected chi connectivity index (χ1v) is 16.0. The van der Waals surface area contributed by atoms with E-state index < -0.39 is 0 Å². The molecule has 0 aliphatic heterocycles. The molecule has 0 radical (unpaired) electrons. The molecule has 8 aromatic rings. The first-order valence-electron chi connectivity index (χ1n) is 16.0. The lowest BCUT2D eigenvalue weighted by atomic mass is 9.82. The van der Waals surface area contributed by atoms with Crippen molar-refractivity contribution in [1.29, 1.82) is 0 Å². The highest BCUT2D eigenvalue weighted by molar-refractivity contribution is 6.12. The van der Waals surface area contributed by atoms with Crippen LogP contribution in [0.4, 0.5) is 0 Å². The second-order valence-electron chi connectivity index (χ2n) is 12.8. The van der Waals surface area contributed by atoms with E-state index in [-0.39, 0.29) is 5.41 Å². The summed E-state index contributed by atoms with van der Waals surface area (Å²) in [5.74, 6) is 0. The van der Waals surface area contributed by atoms with Crippen LogP contribution in [0.25, 0.3) is 72.3 Å². The van der Waals surface area contributed by atoms with Gasteiger partial charge in [0.25, 0.3) is 0 Å². The fourth-order valence-electron chi connectivity index (χ4n) is 7.54. The van der Waals surface area contributed by atoms with Gasteiger partial charge in [-0.2, -0.15) is 0 Å². The molecule has 0 amide bonds. The summed E-state index contributed by atoms with van der Waals surface area (Å²) < 4.78 is 2.40. The molecule has 0 saturated heterocycles. The van der Waals surface area contributed by atoms with Crippen LogP contribution < -0.4 is 0 Å². The normalized spacial score (nSPS) is 13.2. The molecule has 0 spiro atoms. The minimum Gasteiger partial charge on any atom is -0.307 e. The molecule has 0 saturated carbocycles. The monoisotopic (exact) mass is 588 g/mol. The molecule has 0 fully saturated rings. The fourth-order valence-corrected chi connectivity index (χ4v) is 7.54. The summed E-state index contributed by atoms with van der Waals surface area (Å²) in [4.78, 5) is 5.43. The van der Waals surface area contributed by atoms with E-state index in [1.165, 1.54) is 50.0 Å². The molecule has 9 rings (SSSR count). The van der Waals surface area contributed by atoms with E-state index >= 15 is 0 Å². The van der Waals surface area contributed by atoms with Crippen LogP contribution in [0.5, 0.6) is 0 Å². The first-order chi connectivity index (χ1) is 22.6. The molecule has 0 unspecified atom stereocenters. The van der Waals surface area contributed by atoms with Gasteiger partial charge in [-0.15, -0.1) is 0 Å². The molecular formula is C44H32N2. The Bertz CT molecular complexity index is 2430. The molecule has 0 bridgehead atoms. The van der Waals surface area contributed by atoms with E-state index in [9.17, 15) is 0 Å². The van der Waals surface area contributed by atoms with Crippen molar-refractivity contribution in [3.63, 3.8) is 0 Å². The number of benzene rings is 6. The number of hydrogen-bond acceptors (Lipinski definition) is 1. The highest BCUT2D eigenvalue weighted by Crippen LogP contribution is 2.49.